The van der Waals surface area contributed by atoms with Gasteiger partial charge < -0.3 is 15.8 Å². The maximum atomic E-state index is 11.6. The van der Waals surface area contributed by atoms with E-state index in [1.165, 1.54) is 11.8 Å². The minimum atomic E-state index is -0.369. The van der Waals surface area contributed by atoms with Crippen LogP contribution >= 0.6 is 11.8 Å². The van der Waals surface area contributed by atoms with Gasteiger partial charge in [-0.05, 0) is 17.7 Å². The van der Waals surface area contributed by atoms with E-state index >= 15 is 0 Å². The maximum absolute atomic E-state index is 11.6. The Balaban J connectivity index is 2.36. The number of carbonyl (C=O) groups is 2. The Bertz CT molecular complexity index is 420. The Labute approximate surface area is 116 Å². The van der Waals surface area contributed by atoms with Crippen molar-refractivity contribution in [1.82, 2.24) is 0 Å². The molecule has 0 radical (unpaired) electrons. The standard InChI is InChI=1S/C13H18N2O3S/c1-18-6-7-19-9-13(17)15-11-4-2-10(3-5-11)8-12(14)16/h2-5H,6-9H2,1H3,(H2,14,16)(H,15,17). The average Bonchev–Trinajstić information content (AvgIpc) is 2.36. The van der Waals surface area contributed by atoms with Gasteiger partial charge in [0.1, 0.15) is 0 Å². The van der Waals surface area contributed by atoms with Gasteiger partial charge in [0, 0.05) is 18.6 Å². The molecule has 0 aliphatic rings. The number of nitrogens with one attached hydrogen (secondary N) is 1. The molecule has 0 aliphatic carbocycles. The molecule has 0 unspecified atom stereocenters. The quantitative estimate of drug-likeness (QED) is 0.698. The first-order valence-electron chi connectivity index (χ1n) is 5.85. The zero-order valence-corrected chi connectivity index (χ0v) is 11.7. The Hall–Kier alpha value is -1.53. The Kier molecular flexibility index (Phi) is 6.99. The van der Waals surface area contributed by atoms with E-state index in [1.54, 1.807) is 31.4 Å². The van der Waals surface area contributed by atoms with Crippen molar-refractivity contribution in [2.45, 2.75) is 6.42 Å². The fourth-order valence-electron chi connectivity index (χ4n) is 1.41. The van der Waals surface area contributed by atoms with Crippen molar-refractivity contribution in [2.75, 3.05) is 30.5 Å². The first-order valence-corrected chi connectivity index (χ1v) is 7.01. The molecule has 0 aromatic heterocycles. The lowest BCUT2D eigenvalue weighted by atomic mass is 10.1. The van der Waals surface area contributed by atoms with E-state index in [4.69, 9.17) is 10.5 Å². The topological polar surface area (TPSA) is 81.4 Å². The number of methoxy groups -OCH3 is 1. The van der Waals surface area contributed by atoms with Crippen molar-refractivity contribution in [2.24, 2.45) is 5.73 Å². The molecule has 0 spiro atoms. The van der Waals surface area contributed by atoms with Gasteiger partial charge >= 0.3 is 0 Å². The van der Waals surface area contributed by atoms with E-state index in [9.17, 15) is 9.59 Å². The minimum Gasteiger partial charge on any atom is -0.384 e. The Morgan fingerprint density at radius 3 is 2.58 bits per heavy atom. The van der Waals surface area contributed by atoms with Crippen molar-refractivity contribution in [3.05, 3.63) is 29.8 Å². The van der Waals surface area contributed by atoms with Crippen LogP contribution in [0, 0.1) is 0 Å². The number of hydrogen-bond acceptors (Lipinski definition) is 4. The summed E-state index contributed by atoms with van der Waals surface area (Å²) >= 11 is 1.52. The van der Waals surface area contributed by atoms with E-state index in [1.807, 2.05) is 0 Å². The zero-order valence-electron chi connectivity index (χ0n) is 10.8. The number of carbonyl (C=O) groups excluding carboxylic acids is 2. The molecule has 0 saturated carbocycles. The van der Waals surface area contributed by atoms with Gasteiger partial charge in [0.05, 0.1) is 18.8 Å². The van der Waals surface area contributed by atoms with Crippen molar-refractivity contribution >= 4 is 29.3 Å². The molecule has 5 nitrogen and oxygen atoms in total. The Morgan fingerprint density at radius 2 is 2.00 bits per heavy atom. The third-order valence-electron chi connectivity index (χ3n) is 2.28. The smallest absolute Gasteiger partial charge is 0.234 e. The van der Waals surface area contributed by atoms with Crippen molar-refractivity contribution < 1.29 is 14.3 Å². The zero-order chi connectivity index (χ0) is 14.1. The highest BCUT2D eigenvalue weighted by Gasteiger charge is 2.03. The summed E-state index contributed by atoms with van der Waals surface area (Å²) in [5, 5.41) is 2.78. The number of amides is 2. The fourth-order valence-corrected chi connectivity index (χ4v) is 2.10. The average molecular weight is 282 g/mol. The van der Waals surface area contributed by atoms with Crippen molar-refractivity contribution in [1.29, 1.82) is 0 Å². The molecule has 1 aromatic carbocycles. The molecule has 3 N–H and O–H groups in total. The van der Waals surface area contributed by atoms with Crippen LogP contribution in [-0.2, 0) is 20.7 Å². The number of thioether (sulfide) groups is 1. The van der Waals surface area contributed by atoms with Gasteiger partial charge in [0.2, 0.25) is 11.8 Å². The Morgan fingerprint density at radius 1 is 1.32 bits per heavy atom. The van der Waals surface area contributed by atoms with Crippen LogP contribution in [0.3, 0.4) is 0 Å². The first-order chi connectivity index (χ1) is 9.11. The van der Waals surface area contributed by atoms with Crippen LogP contribution in [0.25, 0.3) is 0 Å². The molecule has 0 saturated heterocycles. The summed E-state index contributed by atoms with van der Waals surface area (Å²) in [5.74, 6) is 0.767. The molecular weight excluding hydrogens is 264 g/mol. The second-order valence-corrected chi connectivity index (χ2v) is 5.04. The molecular formula is C13H18N2O3S. The highest BCUT2D eigenvalue weighted by atomic mass is 32.2. The summed E-state index contributed by atoms with van der Waals surface area (Å²) in [6.07, 6.45) is 0.209. The van der Waals surface area contributed by atoms with Crippen LogP contribution in [-0.4, -0.2) is 37.0 Å². The normalized spacial score (nSPS) is 10.2. The highest BCUT2D eigenvalue weighted by molar-refractivity contribution is 7.99. The van der Waals surface area contributed by atoms with E-state index in [-0.39, 0.29) is 18.2 Å². The second kappa shape index (κ2) is 8.55. The van der Waals surface area contributed by atoms with Gasteiger partial charge in [0.25, 0.3) is 0 Å². The van der Waals surface area contributed by atoms with Crippen LogP contribution < -0.4 is 11.1 Å². The predicted octanol–water partition coefficient (Wildman–Crippen LogP) is 1.03. The highest BCUT2D eigenvalue weighted by Crippen LogP contribution is 2.11. The number of anilines is 1. The van der Waals surface area contributed by atoms with Crippen molar-refractivity contribution in [3.8, 4) is 0 Å². The van der Waals surface area contributed by atoms with E-state index < -0.39 is 0 Å². The van der Waals surface area contributed by atoms with Gasteiger partial charge in [-0.25, -0.2) is 0 Å². The lowest BCUT2D eigenvalue weighted by molar-refractivity contribution is -0.117. The molecule has 1 rings (SSSR count). The number of hydrogen-bond donors (Lipinski definition) is 2. The molecule has 6 heteroatoms. The number of primary amides is 1. The minimum absolute atomic E-state index is 0.0521. The van der Waals surface area contributed by atoms with Gasteiger partial charge in [0.15, 0.2) is 0 Å². The molecule has 0 heterocycles. The van der Waals surface area contributed by atoms with Crippen LogP contribution in [0.2, 0.25) is 0 Å². The van der Waals surface area contributed by atoms with Gasteiger partial charge in [-0.1, -0.05) is 12.1 Å². The van der Waals surface area contributed by atoms with Crippen LogP contribution in [0.15, 0.2) is 24.3 Å². The number of ether oxygens (including phenoxy) is 1. The molecule has 19 heavy (non-hydrogen) atoms. The largest absolute Gasteiger partial charge is 0.384 e. The van der Waals surface area contributed by atoms with E-state index in [0.29, 0.717) is 18.0 Å². The molecule has 0 fully saturated rings. The molecule has 2 amide bonds. The van der Waals surface area contributed by atoms with Gasteiger partial charge in [-0.15, -0.1) is 11.8 Å². The van der Waals surface area contributed by atoms with Crippen LogP contribution in [0.1, 0.15) is 5.56 Å². The summed E-state index contributed by atoms with van der Waals surface area (Å²) in [6, 6.07) is 7.07. The lowest BCUT2D eigenvalue weighted by Crippen LogP contribution is -2.15. The maximum Gasteiger partial charge on any atom is 0.234 e. The summed E-state index contributed by atoms with van der Waals surface area (Å²) in [5.41, 5.74) is 6.65. The van der Waals surface area contributed by atoms with Crippen LogP contribution in [0.5, 0.6) is 0 Å². The van der Waals surface area contributed by atoms with Gasteiger partial charge in [-0.2, -0.15) is 0 Å². The summed E-state index contributed by atoms with van der Waals surface area (Å²) in [4.78, 5) is 22.3. The lowest BCUT2D eigenvalue weighted by Gasteiger charge is -2.06. The molecule has 104 valence electrons. The monoisotopic (exact) mass is 282 g/mol. The molecule has 0 aliphatic heterocycles. The van der Waals surface area contributed by atoms with E-state index in [2.05, 4.69) is 5.32 Å². The van der Waals surface area contributed by atoms with Gasteiger partial charge in [-0.3, -0.25) is 9.59 Å². The number of nitrogens with two attached hydrogens (primary N) is 1. The summed E-state index contributed by atoms with van der Waals surface area (Å²) in [7, 11) is 1.63. The SMILES string of the molecule is COCCSCC(=O)Nc1ccc(CC(N)=O)cc1. The fraction of sp³-hybridized carbons (Fsp3) is 0.385. The molecule has 1 aromatic rings. The number of benzene rings is 1. The summed E-state index contributed by atoms with van der Waals surface area (Å²) in [6.45, 7) is 0.639. The molecule has 0 atom stereocenters. The molecule has 0 bridgehead atoms. The first kappa shape index (κ1) is 15.5. The van der Waals surface area contributed by atoms with Crippen molar-refractivity contribution in [3.63, 3.8) is 0 Å². The van der Waals surface area contributed by atoms with Crippen LogP contribution in [0.4, 0.5) is 5.69 Å². The number of rotatable bonds is 8. The van der Waals surface area contributed by atoms with E-state index in [0.717, 1.165) is 11.3 Å². The second-order valence-electron chi connectivity index (χ2n) is 3.93. The third-order valence-corrected chi connectivity index (χ3v) is 3.20. The summed E-state index contributed by atoms with van der Waals surface area (Å²) < 4.78 is 4.90. The third kappa shape index (κ3) is 6.83. The predicted molar refractivity (Wildman–Crippen MR) is 77.2 cm³/mol.